The summed E-state index contributed by atoms with van der Waals surface area (Å²) in [5, 5.41) is 4.81. The normalized spacial score (nSPS) is 8.94. The van der Waals surface area contributed by atoms with E-state index >= 15 is 0 Å². The first-order valence-corrected chi connectivity index (χ1v) is 4.86. The second-order valence-corrected chi connectivity index (χ2v) is 3.06. The van der Waals surface area contributed by atoms with E-state index in [1.807, 2.05) is 30.3 Å². The van der Waals surface area contributed by atoms with Crippen molar-refractivity contribution in [2.75, 3.05) is 0 Å². The highest BCUT2D eigenvalue weighted by Gasteiger charge is 1.93. The van der Waals surface area contributed by atoms with Gasteiger partial charge in [-0.3, -0.25) is 9.89 Å². The van der Waals surface area contributed by atoms with E-state index < -0.39 is 6.09 Å². The minimum absolute atomic E-state index is 0.0880. The van der Waals surface area contributed by atoms with Gasteiger partial charge in [-0.15, -0.1) is 0 Å². The molecule has 90 valence electrons. The summed E-state index contributed by atoms with van der Waals surface area (Å²) in [6.45, 7) is 0.246. The number of carbonyl (C=O) groups excluding carboxylic acids is 1. The number of carbonyl (C=O) groups is 1. The molecule has 0 saturated heterocycles. The summed E-state index contributed by atoms with van der Waals surface area (Å²) in [6, 6.07) is 10.8. The summed E-state index contributed by atoms with van der Waals surface area (Å²) in [5.41, 5.74) is 5.63. The van der Waals surface area contributed by atoms with E-state index in [-0.39, 0.29) is 12.2 Å². The number of aromatic nitrogens is 2. The molecule has 0 aliphatic carbocycles. The molecule has 1 heterocycles. The highest BCUT2D eigenvalue weighted by atomic mass is 16.5. The molecule has 6 nitrogen and oxygen atoms in total. The van der Waals surface area contributed by atoms with Gasteiger partial charge in [0.05, 0.1) is 0 Å². The smallest absolute Gasteiger partial charge is 0.404 e. The van der Waals surface area contributed by atoms with Gasteiger partial charge in [0.2, 0.25) is 0 Å². The number of nitrogens with two attached hydrogens (primary N) is 1. The number of rotatable bonds is 2. The molecule has 0 aliphatic rings. The molecule has 1 aromatic heterocycles. The molecular weight excluding hydrogens is 222 g/mol. The zero-order valence-corrected chi connectivity index (χ0v) is 9.05. The van der Waals surface area contributed by atoms with Crippen LogP contribution in [0.3, 0.4) is 0 Å². The van der Waals surface area contributed by atoms with Crippen molar-refractivity contribution < 1.29 is 9.53 Å². The topological polar surface area (TPSA) is 101 Å². The lowest BCUT2D eigenvalue weighted by molar-refractivity contribution is 0.150. The molecule has 0 bridgehead atoms. The van der Waals surface area contributed by atoms with Crippen LogP contribution in [0.2, 0.25) is 0 Å². The first kappa shape index (κ1) is 12.6. The molecule has 1 aromatic carbocycles. The summed E-state index contributed by atoms with van der Waals surface area (Å²) in [5.74, 6) is 0. The Kier molecular flexibility index (Phi) is 5.09. The van der Waals surface area contributed by atoms with Crippen LogP contribution in [-0.4, -0.2) is 16.3 Å². The minimum atomic E-state index is -0.742. The third kappa shape index (κ3) is 5.83. The Balaban J connectivity index is 0.000000202. The van der Waals surface area contributed by atoms with E-state index in [1.54, 1.807) is 6.20 Å². The van der Waals surface area contributed by atoms with E-state index in [9.17, 15) is 9.59 Å². The first-order chi connectivity index (χ1) is 8.18. The highest BCUT2D eigenvalue weighted by molar-refractivity contribution is 5.64. The fourth-order valence-electron chi connectivity index (χ4n) is 1.00. The first-order valence-electron chi connectivity index (χ1n) is 4.86. The monoisotopic (exact) mass is 235 g/mol. The minimum Gasteiger partial charge on any atom is -0.445 e. The highest BCUT2D eigenvalue weighted by Crippen LogP contribution is 1.99. The van der Waals surface area contributed by atoms with E-state index in [1.165, 1.54) is 6.07 Å². The van der Waals surface area contributed by atoms with Crippen molar-refractivity contribution >= 4 is 6.09 Å². The van der Waals surface area contributed by atoms with Crippen molar-refractivity contribution in [3.8, 4) is 0 Å². The number of primary amides is 1. The maximum atomic E-state index is 10.2. The quantitative estimate of drug-likeness (QED) is 0.723. The van der Waals surface area contributed by atoms with E-state index in [0.717, 1.165) is 5.56 Å². The number of H-pyrrole nitrogens is 2. The Hall–Kier alpha value is -2.50. The molecular formula is C11H13N3O3. The van der Waals surface area contributed by atoms with Crippen LogP contribution in [0.4, 0.5) is 4.79 Å². The number of ether oxygens (including phenoxy) is 1. The number of benzene rings is 1. The Bertz CT molecular complexity index is 473. The second-order valence-electron chi connectivity index (χ2n) is 3.06. The molecule has 17 heavy (non-hydrogen) atoms. The molecule has 0 unspecified atom stereocenters. The van der Waals surface area contributed by atoms with Crippen LogP contribution in [0, 0.1) is 0 Å². The average Bonchev–Trinajstić information content (AvgIpc) is 2.80. The molecule has 0 aliphatic heterocycles. The maximum absolute atomic E-state index is 10.2. The number of hydrogen-bond acceptors (Lipinski definition) is 3. The van der Waals surface area contributed by atoms with Crippen LogP contribution in [0.25, 0.3) is 0 Å². The Morgan fingerprint density at radius 2 is 1.94 bits per heavy atom. The molecule has 2 aromatic rings. The molecule has 0 atom stereocenters. The van der Waals surface area contributed by atoms with E-state index in [2.05, 4.69) is 14.9 Å². The van der Waals surface area contributed by atoms with Crippen molar-refractivity contribution in [3.63, 3.8) is 0 Å². The second kappa shape index (κ2) is 6.89. The summed E-state index contributed by atoms with van der Waals surface area (Å²) < 4.78 is 4.57. The number of amides is 1. The Morgan fingerprint density at radius 1 is 1.24 bits per heavy atom. The maximum Gasteiger partial charge on any atom is 0.404 e. The summed E-state index contributed by atoms with van der Waals surface area (Å²) in [4.78, 5) is 20.2. The molecule has 1 amide bonds. The third-order valence-electron chi connectivity index (χ3n) is 1.74. The molecule has 0 spiro atoms. The van der Waals surface area contributed by atoms with Crippen LogP contribution >= 0.6 is 0 Å². The zero-order chi connectivity index (χ0) is 12.5. The van der Waals surface area contributed by atoms with Gasteiger partial charge in [-0.25, -0.2) is 4.79 Å². The summed E-state index contributed by atoms with van der Waals surface area (Å²) in [6.07, 6.45) is 0.802. The fraction of sp³-hybridized carbons (Fsp3) is 0.0909. The summed E-state index contributed by atoms with van der Waals surface area (Å²) >= 11 is 0. The number of aromatic amines is 2. The van der Waals surface area contributed by atoms with Crippen LogP contribution < -0.4 is 11.3 Å². The van der Waals surface area contributed by atoms with Crippen molar-refractivity contribution in [2.24, 2.45) is 5.73 Å². The summed E-state index contributed by atoms with van der Waals surface area (Å²) in [7, 11) is 0. The van der Waals surface area contributed by atoms with Gasteiger partial charge < -0.3 is 15.6 Å². The standard InChI is InChI=1S/C8H9NO2.C3H4N2O/c9-8(10)11-6-7-4-2-1-3-5-7;6-3-1-2-4-5-3/h1-5H,6H2,(H2,9,10);1-2H,(H2,4,5,6). The fourth-order valence-corrected chi connectivity index (χ4v) is 1.00. The Labute approximate surface area is 97.4 Å². The van der Waals surface area contributed by atoms with Crippen LogP contribution in [0.15, 0.2) is 47.4 Å². The van der Waals surface area contributed by atoms with E-state index in [4.69, 9.17) is 5.73 Å². The van der Waals surface area contributed by atoms with Crippen molar-refractivity contribution in [2.45, 2.75) is 6.61 Å². The molecule has 4 N–H and O–H groups in total. The van der Waals surface area contributed by atoms with Crippen LogP contribution in [-0.2, 0) is 11.3 Å². The van der Waals surface area contributed by atoms with Crippen molar-refractivity contribution in [1.29, 1.82) is 0 Å². The molecule has 6 heteroatoms. The third-order valence-corrected chi connectivity index (χ3v) is 1.74. The lowest BCUT2D eigenvalue weighted by Crippen LogP contribution is -2.12. The zero-order valence-electron chi connectivity index (χ0n) is 9.05. The lowest BCUT2D eigenvalue weighted by atomic mass is 10.2. The van der Waals surface area contributed by atoms with Gasteiger partial charge >= 0.3 is 6.09 Å². The van der Waals surface area contributed by atoms with Crippen molar-refractivity contribution in [1.82, 2.24) is 10.2 Å². The predicted molar refractivity (Wildman–Crippen MR) is 62.2 cm³/mol. The lowest BCUT2D eigenvalue weighted by Gasteiger charge is -1.99. The number of nitrogens with one attached hydrogen (secondary N) is 2. The molecule has 0 radical (unpaired) electrons. The molecule has 0 saturated carbocycles. The average molecular weight is 235 g/mol. The SMILES string of the molecule is NC(=O)OCc1ccccc1.O=c1cc[nH][nH]1. The van der Waals surface area contributed by atoms with Gasteiger partial charge in [-0.1, -0.05) is 30.3 Å². The largest absolute Gasteiger partial charge is 0.445 e. The Morgan fingerprint density at radius 3 is 2.35 bits per heavy atom. The number of hydrogen-bond donors (Lipinski definition) is 3. The molecule has 2 rings (SSSR count). The predicted octanol–water partition coefficient (Wildman–Crippen LogP) is 0.985. The van der Waals surface area contributed by atoms with Gasteiger partial charge in [0, 0.05) is 12.3 Å². The van der Waals surface area contributed by atoms with Crippen LogP contribution in [0.1, 0.15) is 5.56 Å². The van der Waals surface area contributed by atoms with Gasteiger partial charge in [0.25, 0.3) is 5.56 Å². The van der Waals surface area contributed by atoms with Gasteiger partial charge in [-0.2, -0.15) is 0 Å². The van der Waals surface area contributed by atoms with Gasteiger partial charge in [0.15, 0.2) is 0 Å². The van der Waals surface area contributed by atoms with Gasteiger partial charge in [-0.05, 0) is 5.56 Å². The van der Waals surface area contributed by atoms with Gasteiger partial charge in [0.1, 0.15) is 6.61 Å². The van der Waals surface area contributed by atoms with Crippen LogP contribution in [0.5, 0.6) is 0 Å². The van der Waals surface area contributed by atoms with E-state index in [0.29, 0.717) is 0 Å². The molecule has 0 fully saturated rings. The van der Waals surface area contributed by atoms with Crippen molar-refractivity contribution in [3.05, 3.63) is 58.5 Å².